The Kier molecular flexibility index (Phi) is 5.13. The van der Waals surface area contributed by atoms with Crippen molar-refractivity contribution in [1.29, 1.82) is 0 Å². The van der Waals surface area contributed by atoms with E-state index in [0.29, 0.717) is 12.0 Å². The summed E-state index contributed by atoms with van der Waals surface area (Å²) in [6.07, 6.45) is 1.19. The smallest absolute Gasteiger partial charge is 0.0631 e. The van der Waals surface area contributed by atoms with Gasteiger partial charge in [0.25, 0.3) is 0 Å². The van der Waals surface area contributed by atoms with Crippen molar-refractivity contribution in [2.75, 3.05) is 5.32 Å². The lowest BCUT2D eigenvalue weighted by Crippen LogP contribution is -2.23. The van der Waals surface area contributed by atoms with Gasteiger partial charge in [0.05, 0.1) is 5.69 Å². The van der Waals surface area contributed by atoms with Crippen molar-refractivity contribution in [1.82, 2.24) is 0 Å². The molecule has 0 heterocycles. The Morgan fingerprint density at radius 2 is 1.73 bits per heavy atom. The summed E-state index contributed by atoms with van der Waals surface area (Å²) in [6.45, 7) is 6.71. The van der Waals surface area contributed by atoms with Crippen LogP contribution in [0.25, 0.3) is 0 Å². The molecule has 15 heavy (non-hydrogen) atoms. The fraction of sp³-hybridized carbons (Fsp3) is 0.500. The number of anilines is 1. The van der Waals surface area contributed by atoms with E-state index < -0.39 is 0 Å². The monoisotopic (exact) mass is 333 g/mol. The second-order valence-electron chi connectivity index (χ2n) is 3.92. The number of nitrogens with one attached hydrogen (secondary N) is 1. The highest BCUT2D eigenvalue weighted by Gasteiger charge is 2.12. The van der Waals surface area contributed by atoms with Crippen LogP contribution in [0.3, 0.4) is 0 Å². The van der Waals surface area contributed by atoms with Crippen molar-refractivity contribution in [3.05, 3.63) is 27.1 Å². The zero-order valence-corrected chi connectivity index (χ0v) is 12.5. The molecule has 0 saturated heterocycles. The minimum absolute atomic E-state index is 0.477. The van der Waals surface area contributed by atoms with Crippen LogP contribution in [0.1, 0.15) is 27.2 Å². The van der Waals surface area contributed by atoms with E-state index in [1.807, 2.05) is 6.07 Å². The highest BCUT2D eigenvalue weighted by Crippen LogP contribution is 2.31. The van der Waals surface area contributed by atoms with Gasteiger partial charge in [0.2, 0.25) is 0 Å². The lowest BCUT2D eigenvalue weighted by molar-refractivity contribution is 0.494. The van der Waals surface area contributed by atoms with Crippen LogP contribution in [0.5, 0.6) is 0 Å². The van der Waals surface area contributed by atoms with Crippen LogP contribution in [0.2, 0.25) is 0 Å². The normalized spacial score (nSPS) is 14.7. The summed E-state index contributed by atoms with van der Waals surface area (Å²) in [7, 11) is 0. The molecular formula is C12H17Br2N. The van der Waals surface area contributed by atoms with Crippen LogP contribution >= 0.6 is 31.9 Å². The quantitative estimate of drug-likeness (QED) is 0.811. The van der Waals surface area contributed by atoms with Gasteiger partial charge < -0.3 is 5.32 Å². The van der Waals surface area contributed by atoms with E-state index in [1.165, 1.54) is 6.42 Å². The third-order valence-electron chi connectivity index (χ3n) is 2.83. The van der Waals surface area contributed by atoms with Crippen molar-refractivity contribution in [3.8, 4) is 0 Å². The molecule has 1 nitrogen and oxygen atoms in total. The molecular weight excluding hydrogens is 318 g/mol. The summed E-state index contributed by atoms with van der Waals surface area (Å²) in [5.41, 5.74) is 1.14. The van der Waals surface area contributed by atoms with E-state index in [0.717, 1.165) is 14.6 Å². The minimum atomic E-state index is 0.477. The van der Waals surface area contributed by atoms with Crippen LogP contribution in [-0.2, 0) is 0 Å². The van der Waals surface area contributed by atoms with Crippen LogP contribution in [0, 0.1) is 5.92 Å². The predicted molar refractivity (Wildman–Crippen MR) is 74.4 cm³/mol. The number of hydrogen-bond donors (Lipinski definition) is 1. The first-order valence-corrected chi connectivity index (χ1v) is 6.85. The highest BCUT2D eigenvalue weighted by atomic mass is 79.9. The predicted octanol–water partition coefficient (Wildman–Crippen LogP) is 5.06. The Labute approximate surface area is 109 Å². The molecule has 0 aliphatic heterocycles. The zero-order valence-electron chi connectivity index (χ0n) is 9.35. The molecule has 1 rings (SSSR count). The van der Waals surface area contributed by atoms with Gasteiger partial charge in [0.15, 0.2) is 0 Å². The molecule has 0 spiro atoms. The SMILES string of the molecule is CCC(C)C(C)Nc1c(Br)cccc1Br. The number of hydrogen-bond acceptors (Lipinski definition) is 1. The molecule has 0 saturated carbocycles. The Morgan fingerprint density at radius 1 is 1.20 bits per heavy atom. The topological polar surface area (TPSA) is 12.0 Å². The molecule has 0 amide bonds. The zero-order chi connectivity index (χ0) is 11.4. The Balaban J connectivity index is 2.80. The molecule has 1 aromatic carbocycles. The lowest BCUT2D eigenvalue weighted by atomic mass is 10.0. The first-order valence-electron chi connectivity index (χ1n) is 5.26. The fourth-order valence-corrected chi connectivity index (χ4v) is 2.59. The van der Waals surface area contributed by atoms with E-state index in [9.17, 15) is 0 Å². The summed E-state index contributed by atoms with van der Waals surface area (Å²) >= 11 is 7.11. The molecule has 3 heteroatoms. The van der Waals surface area contributed by atoms with Gasteiger partial charge >= 0.3 is 0 Å². The number of benzene rings is 1. The van der Waals surface area contributed by atoms with Gasteiger partial charge in [-0.15, -0.1) is 0 Å². The van der Waals surface area contributed by atoms with Gasteiger partial charge in [-0.2, -0.15) is 0 Å². The number of halogens is 2. The van der Waals surface area contributed by atoms with Gasteiger partial charge in [-0.05, 0) is 56.8 Å². The molecule has 0 bridgehead atoms. The standard InChI is InChI=1S/C12H17Br2N/c1-4-8(2)9(3)15-12-10(13)6-5-7-11(12)14/h5-9,15H,4H2,1-3H3. The van der Waals surface area contributed by atoms with Crippen LogP contribution in [0.4, 0.5) is 5.69 Å². The largest absolute Gasteiger partial charge is 0.380 e. The first-order chi connectivity index (χ1) is 7.06. The van der Waals surface area contributed by atoms with Crippen LogP contribution in [0.15, 0.2) is 27.1 Å². The third-order valence-corrected chi connectivity index (χ3v) is 4.15. The Bertz CT molecular complexity index is 305. The van der Waals surface area contributed by atoms with Gasteiger partial charge in [0, 0.05) is 15.0 Å². The summed E-state index contributed by atoms with van der Waals surface area (Å²) in [5.74, 6) is 0.670. The summed E-state index contributed by atoms with van der Waals surface area (Å²) in [5, 5.41) is 3.54. The van der Waals surface area contributed by atoms with Crippen molar-refractivity contribution in [2.24, 2.45) is 5.92 Å². The fourth-order valence-electron chi connectivity index (χ4n) is 1.36. The Hall–Kier alpha value is -0.0200. The lowest BCUT2D eigenvalue weighted by Gasteiger charge is -2.22. The molecule has 1 N–H and O–H groups in total. The average Bonchev–Trinajstić information content (AvgIpc) is 2.22. The van der Waals surface area contributed by atoms with E-state index in [-0.39, 0.29) is 0 Å². The molecule has 0 aromatic heterocycles. The molecule has 2 atom stereocenters. The van der Waals surface area contributed by atoms with Crippen molar-refractivity contribution < 1.29 is 0 Å². The maximum atomic E-state index is 3.55. The van der Waals surface area contributed by atoms with Crippen LogP contribution in [-0.4, -0.2) is 6.04 Å². The van der Waals surface area contributed by atoms with Gasteiger partial charge in [-0.1, -0.05) is 26.3 Å². The summed E-state index contributed by atoms with van der Waals surface area (Å²) in [4.78, 5) is 0. The van der Waals surface area contributed by atoms with Crippen molar-refractivity contribution in [3.63, 3.8) is 0 Å². The first kappa shape index (κ1) is 13.0. The second-order valence-corrected chi connectivity index (χ2v) is 5.62. The molecule has 0 fully saturated rings. The van der Waals surface area contributed by atoms with Gasteiger partial charge in [-0.3, -0.25) is 0 Å². The second kappa shape index (κ2) is 5.90. The third kappa shape index (κ3) is 3.49. The summed E-state index contributed by atoms with van der Waals surface area (Å²) in [6, 6.07) is 6.60. The van der Waals surface area contributed by atoms with Gasteiger partial charge in [0.1, 0.15) is 0 Å². The molecule has 84 valence electrons. The average molecular weight is 335 g/mol. The molecule has 0 radical (unpaired) electrons. The maximum Gasteiger partial charge on any atom is 0.0631 e. The Morgan fingerprint density at radius 3 is 2.20 bits per heavy atom. The van der Waals surface area contributed by atoms with Crippen molar-refractivity contribution >= 4 is 37.5 Å². The van der Waals surface area contributed by atoms with E-state index in [2.05, 4.69) is 70.1 Å². The number of para-hydroxylation sites is 1. The summed E-state index contributed by atoms with van der Waals surface area (Å²) < 4.78 is 2.21. The van der Waals surface area contributed by atoms with E-state index >= 15 is 0 Å². The molecule has 0 aliphatic rings. The number of rotatable bonds is 4. The van der Waals surface area contributed by atoms with Crippen LogP contribution < -0.4 is 5.32 Å². The highest BCUT2D eigenvalue weighted by molar-refractivity contribution is 9.11. The molecule has 0 aliphatic carbocycles. The maximum absolute atomic E-state index is 3.55. The van der Waals surface area contributed by atoms with Crippen molar-refractivity contribution in [2.45, 2.75) is 33.2 Å². The minimum Gasteiger partial charge on any atom is -0.380 e. The van der Waals surface area contributed by atoms with E-state index in [4.69, 9.17) is 0 Å². The molecule has 1 aromatic rings. The van der Waals surface area contributed by atoms with Gasteiger partial charge in [-0.25, -0.2) is 0 Å². The van der Waals surface area contributed by atoms with E-state index in [1.54, 1.807) is 0 Å². The molecule has 2 unspecified atom stereocenters.